The fourth-order valence-corrected chi connectivity index (χ4v) is 2.43. The molecule has 0 radical (unpaired) electrons. The van der Waals surface area contributed by atoms with Gasteiger partial charge >= 0.3 is 5.97 Å². The number of aromatic nitrogens is 3. The van der Waals surface area contributed by atoms with Gasteiger partial charge in [0.05, 0.1) is 18.4 Å². The molecule has 0 saturated heterocycles. The summed E-state index contributed by atoms with van der Waals surface area (Å²) in [4.78, 5) is 10.6. The lowest BCUT2D eigenvalue weighted by Gasteiger charge is -2.15. The lowest BCUT2D eigenvalue weighted by molar-refractivity contribution is -0.133. The van der Waals surface area contributed by atoms with Crippen molar-refractivity contribution in [3.63, 3.8) is 0 Å². The van der Waals surface area contributed by atoms with E-state index in [2.05, 4.69) is 17.1 Å². The van der Waals surface area contributed by atoms with Gasteiger partial charge in [-0.25, -0.2) is 0 Å². The SMILES string of the molecule is CCCc1nnc(SCC(=O)O)n1CC(C)OCC. The first-order chi connectivity index (χ1) is 9.08. The van der Waals surface area contributed by atoms with Gasteiger partial charge in [-0.05, 0) is 20.3 Å². The summed E-state index contributed by atoms with van der Waals surface area (Å²) in [6, 6.07) is 0. The summed E-state index contributed by atoms with van der Waals surface area (Å²) in [5.74, 6) is 0.0317. The highest BCUT2D eigenvalue weighted by Crippen LogP contribution is 2.18. The first-order valence-corrected chi connectivity index (χ1v) is 7.45. The van der Waals surface area contributed by atoms with E-state index in [1.807, 2.05) is 18.4 Å². The third kappa shape index (κ3) is 5.20. The molecule has 0 bridgehead atoms. The minimum Gasteiger partial charge on any atom is -0.481 e. The van der Waals surface area contributed by atoms with Gasteiger partial charge in [0.2, 0.25) is 0 Å². The molecule has 0 spiro atoms. The number of hydrogen-bond donors (Lipinski definition) is 1. The quantitative estimate of drug-likeness (QED) is 0.698. The Bertz CT molecular complexity index is 409. The molecule has 0 saturated carbocycles. The molecule has 1 unspecified atom stereocenters. The number of rotatable bonds is 9. The molecule has 1 N–H and O–H groups in total. The maximum atomic E-state index is 10.6. The molecular weight excluding hydrogens is 266 g/mol. The number of carboxylic acids is 1. The van der Waals surface area contributed by atoms with Crippen molar-refractivity contribution in [2.75, 3.05) is 12.4 Å². The molecule has 1 rings (SSSR count). The van der Waals surface area contributed by atoms with Crippen molar-refractivity contribution in [2.45, 2.75) is 51.4 Å². The summed E-state index contributed by atoms with van der Waals surface area (Å²) in [5.41, 5.74) is 0. The van der Waals surface area contributed by atoms with Gasteiger partial charge in [0.15, 0.2) is 5.16 Å². The number of carbonyl (C=O) groups is 1. The molecule has 1 heterocycles. The molecule has 0 amide bonds. The third-order valence-electron chi connectivity index (χ3n) is 2.48. The van der Waals surface area contributed by atoms with E-state index in [1.54, 1.807) is 0 Å². The Balaban J connectivity index is 2.81. The van der Waals surface area contributed by atoms with E-state index in [0.717, 1.165) is 18.7 Å². The number of nitrogens with zero attached hydrogens (tertiary/aromatic N) is 3. The molecule has 0 aromatic carbocycles. The van der Waals surface area contributed by atoms with E-state index in [4.69, 9.17) is 9.84 Å². The summed E-state index contributed by atoms with van der Waals surface area (Å²) in [6.07, 6.45) is 1.87. The first kappa shape index (κ1) is 16.0. The van der Waals surface area contributed by atoms with Gasteiger partial charge < -0.3 is 14.4 Å². The minimum absolute atomic E-state index is 0.00667. The number of ether oxygens (including phenoxy) is 1. The van der Waals surface area contributed by atoms with Crippen molar-refractivity contribution >= 4 is 17.7 Å². The van der Waals surface area contributed by atoms with Gasteiger partial charge in [-0.2, -0.15) is 0 Å². The van der Waals surface area contributed by atoms with Crippen LogP contribution in [0.25, 0.3) is 0 Å². The standard InChI is InChI=1S/C12H21N3O3S/c1-4-6-10-13-14-12(19-8-11(16)17)15(10)7-9(3)18-5-2/h9H,4-8H2,1-3H3,(H,16,17). The molecular formula is C12H21N3O3S. The summed E-state index contributed by atoms with van der Waals surface area (Å²) >= 11 is 1.20. The highest BCUT2D eigenvalue weighted by Gasteiger charge is 2.15. The number of thioether (sulfide) groups is 1. The van der Waals surface area contributed by atoms with Crippen molar-refractivity contribution < 1.29 is 14.6 Å². The van der Waals surface area contributed by atoms with Crippen LogP contribution < -0.4 is 0 Å². The highest BCUT2D eigenvalue weighted by molar-refractivity contribution is 7.99. The topological polar surface area (TPSA) is 77.2 Å². The van der Waals surface area contributed by atoms with Crippen LogP contribution in [0.1, 0.15) is 33.0 Å². The van der Waals surface area contributed by atoms with Crippen LogP contribution in [-0.2, 0) is 22.5 Å². The molecule has 7 heteroatoms. The molecule has 0 aliphatic rings. The summed E-state index contributed by atoms with van der Waals surface area (Å²) in [7, 11) is 0. The second-order valence-electron chi connectivity index (χ2n) is 4.21. The molecule has 1 atom stereocenters. The summed E-state index contributed by atoms with van der Waals surface area (Å²) in [6.45, 7) is 7.33. The van der Waals surface area contributed by atoms with Gasteiger partial charge in [0, 0.05) is 13.0 Å². The Morgan fingerprint density at radius 3 is 2.79 bits per heavy atom. The van der Waals surface area contributed by atoms with E-state index in [-0.39, 0.29) is 11.9 Å². The molecule has 1 aromatic rings. The van der Waals surface area contributed by atoms with Crippen molar-refractivity contribution in [3.05, 3.63) is 5.82 Å². The van der Waals surface area contributed by atoms with Crippen LogP contribution in [-0.4, -0.2) is 44.3 Å². The van der Waals surface area contributed by atoms with Crippen molar-refractivity contribution in [2.24, 2.45) is 0 Å². The van der Waals surface area contributed by atoms with Gasteiger partial charge in [-0.15, -0.1) is 10.2 Å². The maximum Gasteiger partial charge on any atom is 0.313 e. The van der Waals surface area contributed by atoms with Crippen molar-refractivity contribution in [3.8, 4) is 0 Å². The smallest absolute Gasteiger partial charge is 0.313 e. The highest BCUT2D eigenvalue weighted by atomic mass is 32.2. The molecule has 0 aliphatic carbocycles. The van der Waals surface area contributed by atoms with Crippen LogP contribution in [0.5, 0.6) is 0 Å². The molecule has 0 fully saturated rings. The molecule has 1 aromatic heterocycles. The molecule has 19 heavy (non-hydrogen) atoms. The largest absolute Gasteiger partial charge is 0.481 e. The Labute approximate surface area is 117 Å². The zero-order valence-corrected chi connectivity index (χ0v) is 12.4. The molecule has 6 nitrogen and oxygen atoms in total. The average Bonchev–Trinajstić information content (AvgIpc) is 2.70. The Kier molecular flexibility index (Phi) is 6.86. The van der Waals surface area contributed by atoms with Crippen LogP contribution in [0.4, 0.5) is 0 Å². The van der Waals surface area contributed by atoms with E-state index < -0.39 is 5.97 Å². The monoisotopic (exact) mass is 287 g/mol. The van der Waals surface area contributed by atoms with Gasteiger partial charge in [-0.3, -0.25) is 4.79 Å². The van der Waals surface area contributed by atoms with Crippen LogP contribution in [0.2, 0.25) is 0 Å². The minimum atomic E-state index is -0.852. The fraction of sp³-hybridized carbons (Fsp3) is 0.750. The Morgan fingerprint density at radius 2 is 2.21 bits per heavy atom. The van der Waals surface area contributed by atoms with Gasteiger partial charge in [0.1, 0.15) is 5.82 Å². The van der Waals surface area contributed by atoms with E-state index in [1.165, 1.54) is 11.8 Å². The van der Waals surface area contributed by atoms with Crippen LogP contribution in [0, 0.1) is 0 Å². The maximum absolute atomic E-state index is 10.6. The Hall–Kier alpha value is -1.08. The van der Waals surface area contributed by atoms with Crippen molar-refractivity contribution in [1.82, 2.24) is 14.8 Å². The van der Waals surface area contributed by atoms with Crippen molar-refractivity contribution in [1.29, 1.82) is 0 Å². The normalized spacial score (nSPS) is 12.6. The molecule has 0 aliphatic heterocycles. The second kappa shape index (κ2) is 8.16. The summed E-state index contributed by atoms with van der Waals surface area (Å²) < 4.78 is 7.50. The predicted molar refractivity (Wildman–Crippen MR) is 73.5 cm³/mol. The van der Waals surface area contributed by atoms with Crippen LogP contribution in [0.3, 0.4) is 0 Å². The lowest BCUT2D eigenvalue weighted by atomic mass is 10.3. The third-order valence-corrected chi connectivity index (χ3v) is 3.43. The van der Waals surface area contributed by atoms with E-state index in [9.17, 15) is 4.79 Å². The lowest BCUT2D eigenvalue weighted by Crippen LogP contribution is -2.19. The second-order valence-corrected chi connectivity index (χ2v) is 5.15. The zero-order valence-electron chi connectivity index (χ0n) is 11.6. The van der Waals surface area contributed by atoms with E-state index >= 15 is 0 Å². The zero-order chi connectivity index (χ0) is 14.3. The van der Waals surface area contributed by atoms with Crippen LogP contribution >= 0.6 is 11.8 Å². The number of carboxylic acid groups (broad SMARTS) is 1. The predicted octanol–water partition coefficient (Wildman–Crippen LogP) is 1.83. The fourth-order valence-electron chi connectivity index (χ4n) is 1.74. The molecule has 108 valence electrons. The first-order valence-electron chi connectivity index (χ1n) is 6.46. The number of hydrogen-bond acceptors (Lipinski definition) is 5. The number of aryl methyl sites for hydroxylation is 1. The number of aliphatic carboxylic acids is 1. The van der Waals surface area contributed by atoms with Gasteiger partial charge in [-0.1, -0.05) is 18.7 Å². The Morgan fingerprint density at radius 1 is 1.47 bits per heavy atom. The van der Waals surface area contributed by atoms with Gasteiger partial charge in [0.25, 0.3) is 0 Å². The van der Waals surface area contributed by atoms with E-state index in [0.29, 0.717) is 18.3 Å². The summed E-state index contributed by atoms with van der Waals surface area (Å²) in [5, 5.41) is 17.6. The average molecular weight is 287 g/mol. The van der Waals surface area contributed by atoms with Crippen LogP contribution in [0.15, 0.2) is 5.16 Å².